The molecule has 1 heterocycles. The molecule has 0 aliphatic carbocycles. The van der Waals surface area contributed by atoms with Crippen LogP contribution in [0.3, 0.4) is 0 Å². The van der Waals surface area contributed by atoms with E-state index in [1.807, 2.05) is 0 Å². The van der Waals surface area contributed by atoms with Crippen LogP contribution in [0.25, 0.3) is 0 Å². The first kappa shape index (κ1) is 27.6. The number of aromatic hydroxyl groups is 1. The third kappa shape index (κ3) is 7.02. The van der Waals surface area contributed by atoms with Crippen molar-refractivity contribution in [3.8, 4) is 11.5 Å². The maximum Gasteiger partial charge on any atom is 0.319 e. The summed E-state index contributed by atoms with van der Waals surface area (Å²) in [5.41, 5.74) is 6.93. The van der Waals surface area contributed by atoms with Gasteiger partial charge in [-0.2, -0.15) is 0 Å². The van der Waals surface area contributed by atoms with Gasteiger partial charge in [0.1, 0.15) is 23.7 Å². The highest BCUT2D eigenvalue weighted by Crippen LogP contribution is 2.37. The van der Waals surface area contributed by atoms with Gasteiger partial charge in [0.15, 0.2) is 5.44 Å². The molecule has 2 aromatic carbocycles. The molecular weight excluding hydrogens is 490 g/mol. The largest absolute Gasteiger partial charge is 0.508 e. The van der Waals surface area contributed by atoms with Crippen molar-refractivity contribution in [1.82, 2.24) is 5.32 Å². The number of hydrogen-bond donors (Lipinski definition) is 8. The Kier molecular flexibility index (Phi) is 9.40. The van der Waals surface area contributed by atoms with E-state index in [0.29, 0.717) is 17.9 Å². The minimum absolute atomic E-state index is 0.0391. The van der Waals surface area contributed by atoms with E-state index < -0.39 is 47.5 Å². The molecule has 0 bridgehead atoms. The maximum absolute atomic E-state index is 11.9. The first-order chi connectivity index (χ1) is 17.1. The van der Waals surface area contributed by atoms with Gasteiger partial charge in [0.25, 0.3) is 0 Å². The molecule has 0 spiro atoms. The number of hydrogen-bond acceptors (Lipinski definition) is 9. The van der Waals surface area contributed by atoms with Crippen molar-refractivity contribution in [3.05, 3.63) is 53.1 Å². The number of rotatable bonds is 9. The molecule has 1 fully saturated rings. The molecule has 2 aromatic rings. The van der Waals surface area contributed by atoms with Gasteiger partial charge in [0.05, 0.1) is 18.0 Å². The molecule has 0 unspecified atom stereocenters. The zero-order valence-corrected chi connectivity index (χ0v) is 20.4. The predicted octanol–water partition coefficient (Wildman–Crippen LogP) is 0.184. The van der Waals surface area contributed by atoms with Crippen LogP contribution in [0.15, 0.2) is 36.4 Å². The van der Waals surface area contributed by atoms with Crippen LogP contribution < -0.4 is 21.1 Å². The van der Waals surface area contributed by atoms with Gasteiger partial charge in [-0.3, -0.25) is 4.79 Å². The Labute approximate surface area is 212 Å². The molecule has 0 radical (unpaired) electrons. The summed E-state index contributed by atoms with van der Waals surface area (Å²) < 4.78 is 5.99. The monoisotopic (exact) mass is 521 g/mol. The van der Waals surface area contributed by atoms with Gasteiger partial charge < -0.3 is 46.6 Å². The number of phenolic OH excluding ortho intramolecular Hbond substituents is 1. The maximum atomic E-state index is 11.9. The smallest absolute Gasteiger partial charge is 0.319 e. The number of primary amides is 1. The second-order valence-corrected chi connectivity index (χ2v) is 9.87. The summed E-state index contributed by atoms with van der Waals surface area (Å²) >= 11 is 1.00. The topological polar surface area (TPSA) is 195 Å². The van der Waals surface area contributed by atoms with E-state index in [9.17, 15) is 35.1 Å². The highest BCUT2D eigenvalue weighted by atomic mass is 32.2. The van der Waals surface area contributed by atoms with Crippen LogP contribution in [0.4, 0.5) is 10.5 Å². The number of nitrogens with two attached hydrogens (primary N) is 1. The lowest BCUT2D eigenvalue weighted by molar-refractivity contribution is -0.117. The molecule has 1 aliphatic heterocycles. The summed E-state index contributed by atoms with van der Waals surface area (Å²) in [5.74, 6) is -0.255. The fourth-order valence-corrected chi connectivity index (χ4v) is 5.01. The van der Waals surface area contributed by atoms with Crippen LogP contribution in [0.5, 0.6) is 11.5 Å². The van der Waals surface area contributed by atoms with Gasteiger partial charge in [0.2, 0.25) is 5.91 Å². The molecule has 36 heavy (non-hydrogen) atoms. The van der Waals surface area contributed by atoms with Gasteiger partial charge in [-0.25, -0.2) is 4.79 Å². The number of carbonyl (C=O) groups is 2. The molecule has 12 heteroatoms. The summed E-state index contributed by atoms with van der Waals surface area (Å²) in [6.07, 6.45) is -3.78. The van der Waals surface area contributed by atoms with Gasteiger partial charge >= 0.3 is 6.03 Å². The summed E-state index contributed by atoms with van der Waals surface area (Å²) in [4.78, 5) is 22.7. The van der Waals surface area contributed by atoms with E-state index >= 15 is 0 Å². The summed E-state index contributed by atoms with van der Waals surface area (Å²) in [7, 11) is 0. The second kappa shape index (κ2) is 12.3. The fraction of sp³-hybridized carbons (Fsp3) is 0.417. The zero-order chi connectivity index (χ0) is 26.4. The van der Waals surface area contributed by atoms with Gasteiger partial charge in [-0.05, 0) is 36.2 Å². The lowest BCUT2D eigenvalue weighted by Crippen LogP contribution is -2.55. The number of ether oxygens (including phenoxy) is 1. The average molecular weight is 522 g/mol. The minimum Gasteiger partial charge on any atom is -0.508 e. The standard InChI is InChI=1S/C24H31N3O8S/c1-12-8-15(29)10-17(35-23-22(33)21(32)20(31)18(11-28)36-23)16(12)9-13-2-4-14(5-3-13)27-24(34)26-7-6-19(25)30/h2-5,8,10,18,20-23,28-29,31-33H,6-7,9,11H2,1H3,(H2,25,30)(H2,26,27,34)/t18-,20-,21+,22-,23-/m1/s1. The normalized spacial score (nSPS) is 23.6. The number of thioether (sulfide) groups is 1. The average Bonchev–Trinajstić information content (AvgIpc) is 2.82. The van der Waals surface area contributed by atoms with E-state index in [-0.39, 0.29) is 18.7 Å². The van der Waals surface area contributed by atoms with Crippen LogP contribution in [-0.2, 0) is 11.2 Å². The van der Waals surface area contributed by atoms with Crippen molar-refractivity contribution in [2.75, 3.05) is 18.5 Å². The molecule has 3 rings (SSSR count). The fourth-order valence-electron chi connectivity index (χ4n) is 3.77. The first-order valence-electron chi connectivity index (χ1n) is 11.3. The summed E-state index contributed by atoms with van der Waals surface area (Å²) in [6, 6.07) is 9.56. The van der Waals surface area contributed by atoms with Crippen molar-refractivity contribution in [2.45, 2.75) is 48.8 Å². The number of aliphatic hydroxyl groups excluding tert-OH is 4. The zero-order valence-electron chi connectivity index (χ0n) is 19.6. The molecular formula is C24H31N3O8S. The van der Waals surface area contributed by atoms with Crippen molar-refractivity contribution in [3.63, 3.8) is 0 Å². The number of anilines is 1. The molecule has 1 saturated heterocycles. The SMILES string of the molecule is Cc1cc(O)cc(O[C@@H]2S[C@H](CO)[C@@H](O)[C@H](O)[C@H]2O)c1Cc1ccc(NC(=O)NCCC(N)=O)cc1. The van der Waals surface area contributed by atoms with Crippen LogP contribution in [0.1, 0.15) is 23.1 Å². The summed E-state index contributed by atoms with van der Waals surface area (Å²) in [6.45, 7) is 1.52. The molecule has 11 nitrogen and oxygen atoms in total. The Balaban J connectivity index is 1.72. The number of urea groups is 1. The van der Waals surface area contributed by atoms with Gasteiger partial charge in [0, 0.05) is 36.7 Å². The summed E-state index contributed by atoms with van der Waals surface area (Å²) in [5, 5.41) is 54.7. The van der Waals surface area contributed by atoms with Crippen LogP contribution in [0.2, 0.25) is 0 Å². The van der Waals surface area contributed by atoms with Crippen molar-refractivity contribution < 1.29 is 39.9 Å². The number of phenols is 1. The Bertz CT molecular complexity index is 1070. The van der Waals surface area contributed by atoms with E-state index in [0.717, 1.165) is 28.5 Å². The van der Waals surface area contributed by atoms with Crippen molar-refractivity contribution >= 4 is 29.4 Å². The molecule has 3 amide bonds. The molecule has 196 valence electrons. The minimum atomic E-state index is -1.50. The molecule has 9 N–H and O–H groups in total. The predicted molar refractivity (Wildman–Crippen MR) is 134 cm³/mol. The van der Waals surface area contributed by atoms with E-state index in [1.165, 1.54) is 6.07 Å². The first-order valence-corrected chi connectivity index (χ1v) is 12.2. The molecule has 1 aliphatic rings. The highest BCUT2D eigenvalue weighted by Gasteiger charge is 2.44. The molecule has 0 saturated carbocycles. The Morgan fingerprint density at radius 1 is 1.08 bits per heavy atom. The number of benzene rings is 2. The lowest BCUT2D eigenvalue weighted by Gasteiger charge is -2.39. The van der Waals surface area contributed by atoms with Gasteiger partial charge in [-0.1, -0.05) is 12.1 Å². The lowest BCUT2D eigenvalue weighted by atomic mass is 9.98. The Morgan fingerprint density at radius 3 is 2.42 bits per heavy atom. The molecule has 0 aromatic heterocycles. The second-order valence-electron chi connectivity index (χ2n) is 8.53. The Hall–Kier alpha value is -3.03. The third-order valence-corrected chi connectivity index (χ3v) is 7.18. The van der Waals surface area contributed by atoms with Gasteiger partial charge in [-0.15, -0.1) is 11.8 Å². The van der Waals surface area contributed by atoms with Crippen molar-refractivity contribution in [1.29, 1.82) is 0 Å². The van der Waals surface area contributed by atoms with Crippen molar-refractivity contribution in [2.24, 2.45) is 5.73 Å². The molecule has 5 atom stereocenters. The van der Waals surface area contributed by atoms with E-state index in [2.05, 4.69) is 10.6 Å². The van der Waals surface area contributed by atoms with E-state index in [1.54, 1.807) is 37.3 Å². The van der Waals surface area contributed by atoms with Crippen LogP contribution in [0, 0.1) is 6.92 Å². The van der Waals surface area contributed by atoms with E-state index in [4.69, 9.17) is 10.5 Å². The van der Waals surface area contributed by atoms with Crippen LogP contribution in [-0.4, -0.2) is 79.6 Å². The quantitative estimate of drug-likeness (QED) is 0.227. The number of aryl methyl sites for hydroxylation is 1. The third-order valence-electron chi connectivity index (χ3n) is 5.76. The highest BCUT2D eigenvalue weighted by molar-refractivity contribution is 8.00. The van der Waals surface area contributed by atoms with Crippen LogP contribution >= 0.6 is 11.8 Å². The number of nitrogens with one attached hydrogen (secondary N) is 2. The number of aliphatic hydroxyl groups is 4. The number of carbonyl (C=O) groups excluding carboxylic acids is 2. The Morgan fingerprint density at radius 2 is 1.78 bits per heavy atom. The number of amides is 3.